The lowest BCUT2D eigenvalue weighted by molar-refractivity contribution is -0.384. The summed E-state index contributed by atoms with van der Waals surface area (Å²) in [6, 6.07) is 4.19. The molecule has 7 nitrogen and oxygen atoms in total. The van der Waals surface area contributed by atoms with Crippen LogP contribution < -0.4 is 10.1 Å². The van der Waals surface area contributed by atoms with E-state index >= 15 is 0 Å². The second-order valence-electron chi connectivity index (χ2n) is 4.63. The third-order valence-corrected chi connectivity index (χ3v) is 3.41. The van der Waals surface area contributed by atoms with Crippen LogP contribution in [-0.4, -0.2) is 28.1 Å². The van der Waals surface area contributed by atoms with Crippen molar-refractivity contribution in [1.29, 1.82) is 0 Å². The van der Waals surface area contributed by atoms with Gasteiger partial charge in [-0.25, -0.2) is 4.79 Å². The topological polar surface area (TPSA) is 102 Å². The summed E-state index contributed by atoms with van der Waals surface area (Å²) in [6.45, 7) is 5.65. The molecule has 0 atom stereocenters. The van der Waals surface area contributed by atoms with Crippen molar-refractivity contribution in [2.24, 2.45) is 0 Å². The van der Waals surface area contributed by atoms with Crippen LogP contribution in [0.2, 0.25) is 0 Å². The zero-order chi connectivity index (χ0) is 16.0. The van der Waals surface area contributed by atoms with E-state index in [1.165, 1.54) is 12.1 Å². The zero-order valence-electron chi connectivity index (χ0n) is 12.4. The Balaban J connectivity index is 3.22. The molecule has 0 amide bonds. The fourth-order valence-electron chi connectivity index (χ4n) is 2.07. The molecule has 0 heterocycles. The van der Waals surface area contributed by atoms with Gasteiger partial charge in [0.05, 0.1) is 17.6 Å². The van der Waals surface area contributed by atoms with E-state index in [0.29, 0.717) is 30.9 Å². The molecule has 7 heteroatoms. The van der Waals surface area contributed by atoms with Crippen molar-refractivity contribution in [2.75, 3.05) is 11.9 Å². The highest BCUT2D eigenvalue weighted by molar-refractivity contribution is 5.83. The molecule has 0 spiro atoms. The van der Waals surface area contributed by atoms with E-state index in [4.69, 9.17) is 4.74 Å². The second-order valence-corrected chi connectivity index (χ2v) is 4.63. The first-order chi connectivity index (χ1) is 9.88. The molecule has 0 bridgehead atoms. The van der Waals surface area contributed by atoms with Crippen LogP contribution in [0.3, 0.4) is 0 Å². The molecule has 1 aromatic rings. The molecule has 0 saturated carbocycles. The van der Waals surface area contributed by atoms with Crippen molar-refractivity contribution < 1.29 is 19.6 Å². The van der Waals surface area contributed by atoms with Crippen LogP contribution in [0.4, 0.5) is 11.4 Å². The number of carbonyl (C=O) groups is 1. The molecule has 0 aliphatic carbocycles. The number of aliphatic carboxylic acids is 1. The Bertz CT molecular complexity index is 526. The molecule has 0 aliphatic rings. The first-order valence-electron chi connectivity index (χ1n) is 6.82. The number of hydrogen-bond acceptors (Lipinski definition) is 5. The second kappa shape index (κ2) is 6.92. The van der Waals surface area contributed by atoms with Gasteiger partial charge in [-0.15, -0.1) is 0 Å². The number of carboxylic acid groups (broad SMARTS) is 1. The molecule has 21 heavy (non-hydrogen) atoms. The average molecular weight is 296 g/mol. The van der Waals surface area contributed by atoms with E-state index in [1.54, 1.807) is 26.8 Å². The van der Waals surface area contributed by atoms with E-state index in [1.807, 2.05) is 0 Å². The van der Waals surface area contributed by atoms with Crippen LogP contribution in [0, 0.1) is 10.1 Å². The van der Waals surface area contributed by atoms with Crippen molar-refractivity contribution in [3.05, 3.63) is 28.3 Å². The Morgan fingerprint density at radius 3 is 2.38 bits per heavy atom. The largest absolute Gasteiger partial charge is 0.494 e. The summed E-state index contributed by atoms with van der Waals surface area (Å²) in [4.78, 5) is 21.9. The summed E-state index contributed by atoms with van der Waals surface area (Å²) in [5.41, 5.74) is -0.938. The van der Waals surface area contributed by atoms with E-state index < -0.39 is 16.4 Å². The SMILES string of the molecule is CCOc1cc(NC(CC)(CC)C(=O)O)cc([N+](=O)[O-])c1. The van der Waals surface area contributed by atoms with E-state index in [-0.39, 0.29) is 5.69 Å². The smallest absolute Gasteiger partial charge is 0.329 e. The fourth-order valence-corrected chi connectivity index (χ4v) is 2.07. The molecular weight excluding hydrogens is 276 g/mol. The Hall–Kier alpha value is -2.31. The maximum Gasteiger partial charge on any atom is 0.329 e. The molecular formula is C14H20N2O5. The number of carboxylic acids is 1. The van der Waals surface area contributed by atoms with Crippen LogP contribution in [0.5, 0.6) is 5.75 Å². The Morgan fingerprint density at radius 1 is 1.33 bits per heavy atom. The Labute approximate surface area is 123 Å². The van der Waals surface area contributed by atoms with Crippen LogP contribution in [0.15, 0.2) is 18.2 Å². The predicted octanol–water partition coefficient (Wildman–Crippen LogP) is 3.05. The lowest BCUT2D eigenvalue weighted by Gasteiger charge is -2.29. The van der Waals surface area contributed by atoms with Gasteiger partial charge in [-0.05, 0) is 19.8 Å². The predicted molar refractivity (Wildman–Crippen MR) is 78.8 cm³/mol. The summed E-state index contributed by atoms with van der Waals surface area (Å²) in [5.74, 6) is -0.655. The highest BCUT2D eigenvalue weighted by Gasteiger charge is 2.35. The van der Waals surface area contributed by atoms with Gasteiger partial charge >= 0.3 is 5.97 Å². The van der Waals surface area contributed by atoms with E-state index in [9.17, 15) is 20.0 Å². The first kappa shape index (κ1) is 16.7. The van der Waals surface area contributed by atoms with Gasteiger partial charge in [0.2, 0.25) is 0 Å². The van der Waals surface area contributed by atoms with Crippen molar-refractivity contribution in [2.45, 2.75) is 39.2 Å². The van der Waals surface area contributed by atoms with Gasteiger partial charge in [0.15, 0.2) is 0 Å². The minimum atomic E-state index is -1.15. The summed E-state index contributed by atoms with van der Waals surface area (Å²) < 4.78 is 5.29. The molecule has 0 aliphatic heterocycles. The maximum atomic E-state index is 11.5. The number of nitrogens with zero attached hydrogens (tertiary/aromatic N) is 1. The number of nitro benzene ring substituents is 1. The van der Waals surface area contributed by atoms with Crippen molar-refractivity contribution in [1.82, 2.24) is 0 Å². The number of hydrogen-bond donors (Lipinski definition) is 2. The number of nitrogens with one attached hydrogen (secondary N) is 1. The Morgan fingerprint density at radius 2 is 1.95 bits per heavy atom. The quantitative estimate of drug-likeness (QED) is 0.564. The van der Waals surface area contributed by atoms with Gasteiger partial charge in [0.25, 0.3) is 5.69 Å². The minimum absolute atomic E-state index is 0.144. The molecule has 0 radical (unpaired) electrons. The number of non-ortho nitro benzene ring substituents is 1. The van der Waals surface area contributed by atoms with E-state index in [2.05, 4.69) is 5.32 Å². The number of benzene rings is 1. The standard InChI is InChI=1S/C14H20N2O5/c1-4-14(5-2,13(17)18)15-10-7-11(16(19)20)9-12(8-10)21-6-3/h7-9,15H,4-6H2,1-3H3,(H,17,18). The van der Waals surface area contributed by atoms with Crippen LogP contribution in [-0.2, 0) is 4.79 Å². The molecule has 1 rings (SSSR count). The lowest BCUT2D eigenvalue weighted by atomic mass is 9.92. The third-order valence-electron chi connectivity index (χ3n) is 3.41. The highest BCUT2D eigenvalue weighted by Crippen LogP contribution is 2.30. The average Bonchev–Trinajstić information content (AvgIpc) is 2.44. The minimum Gasteiger partial charge on any atom is -0.494 e. The van der Waals surface area contributed by atoms with Gasteiger partial charge in [-0.3, -0.25) is 10.1 Å². The van der Waals surface area contributed by atoms with Gasteiger partial charge in [-0.2, -0.15) is 0 Å². The molecule has 0 unspecified atom stereocenters. The molecule has 0 aromatic heterocycles. The lowest BCUT2D eigenvalue weighted by Crippen LogP contribution is -2.45. The van der Waals surface area contributed by atoms with Gasteiger partial charge in [0.1, 0.15) is 11.3 Å². The fraction of sp³-hybridized carbons (Fsp3) is 0.500. The zero-order valence-corrected chi connectivity index (χ0v) is 12.4. The number of nitro groups is 1. The highest BCUT2D eigenvalue weighted by atomic mass is 16.6. The van der Waals surface area contributed by atoms with Crippen molar-refractivity contribution >= 4 is 17.3 Å². The molecule has 2 N–H and O–H groups in total. The Kier molecular flexibility index (Phi) is 5.52. The van der Waals surface area contributed by atoms with Gasteiger partial charge in [0, 0.05) is 17.8 Å². The molecule has 1 aromatic carbocycles. The molecule has 116 valence electrons. The van der Waals surface area contributed by atoms with Crippen LogP contribution in [0.25, 0.3) is 0 Å². The summed E-state index contributed by atoms with van der Waals surface area (Å²) >= 11 is 0. The van der Waals surface area contributed by atoms with E-state index in [0.717, 1.165) is 0 Å². The maximum absolute atomic E-state index is 11.5. The van der Waals surface area contributed by atoms with Crippen molar-refractivity contribution in [3.8, 4) is 5.75 Å². The summed E-state index contributed by atoms with van der Waals surface area (Å²) in [7, 11) is 0. The summed E-state index contributed by atoms with van der Waals surface area (Å²) in [6.07, 6.45) is 0.705. The van der Waals surface area contributed by atoms with Gasteiger partial charge in [-0.1, -0.05) is 13.8 Å². The number of anilines is 1. The van der Waals surface area contributed by atoms with Gasteiger partial charge < -0.3 is 15.2 Å². The van der Waals surface area contributed by atoms with Crippen LogP contribution in [0.1, 0.15) is 33.6 Å². The van der Waals surface area contributed by atoms with Crippen molar-refractivity contribution in [3.63, 3.8) is 0 Å². The molecule has 0 saturated heterocycles. The number of ether oxygens (including phenoxy) is 1. The van der Waals surface area contributed by atoms with Crippen LogP contribution >= 0.6 is 0 Å². The third kappa shape index (κ3) is 3.84. The summed E-state index contributed by atoms with van der Waals surface area (Å²) in [5, 5.41) is 23.3. The first-order valence-corrected chi connectivity index (χ1v) is 6.82. The normalized spacial score (nSPS) is 11.0. The monoisotopic (exact) mass is 296 g/mol. The number of rotatable bonds is 8. The molecule has 0 fully saturated rings.